The lowest BCUT2D eigenvalue weighted by atomic mass is 10.1. The Balaban J connectivity index is 2.23. The van der Waals surface area contributed by atoms with Gasteiger partial charge in [0.15, 0.2) is 0 Å². The number of nitrogens with one attached hydrogen (secondary N) is 1. The number of hydrogen-bond acceptors (Lipinski definition) is 3. The molecular formula is C11H13BrN2O. The molecule has 0 aliphatic rings. The van der Waals surface area contributed by atoms with E-state index in [9.17, 15) is 0 Å². The largest absolute Gasteiger partial charge is 0.360 e. The molecule has 1 aromatic carbocycles. The molecular weight excluding hydrogens is 256 g/mol. The number of halogens is 1. The molecule has 0 aliphatic carbocycles. The maximum atomic E-state index is 5.32. The molecule has 1 N–H and O–H groups in total. The first kappa shape index (κ1) is 10.6. The highest BCUT2D eigenvalue weighted by Crippen LogP contribution is 2.23. The fourth-order valence-electron chi connectivity index (χ4n) is 1.57. The molecule has 0 saturated carbocycles. The zero-order valence-electron chi connectivity index (χ0n) is 8.59. The molecule has 1 heterocycles. The summed E-state index contributed by atoms with van der Waals surface area (Å²) in [5, 5.41) is 8.25. The minimum Gasteiger partial charge on any atom is -0.360 e. The summed E-state index contributed by atoms with van der Waals surface area (Å²) < 4.78 is 6.38. The van der Waals surface area contributed by atoms with Crippen LogP contribution < -0.4 is 5.32 Å². The molecule has 80 valence electrons. The van der Waals surface area contributed by atoms with Gasteiger partial charge in [0.05, 0.1) is 0 Å². The fourth-order valence-corrected chi connectivity index (χ4v) is 1.93. The Labute approximate surface area is 97.0 Å². The molecule has 0 spiro atoms. The second kappa shape index (κ2) is 4.77. The van der Waals surface area contributed by atoms with Crippen molar-refractivity contribution in [1.82, 2.24) is 10.5 Å². The highest BCUT2D eigenvalue weighted by Gasteiger charge is 2.07. The van der Waals surface area contributed by atoms with Crippen molar-refractivity contribution in [3.63, 3.8) is 0 Å². The van der Waals surface area contributed by atoms with Gasteiger partial charge in [0.1, 0.15) is 11.3 Å². The minimum absolute atomic E-state index is 0.924. The highest BCUT2D eigenvalue weighted by molar-refractivity contribution is 9.10. The third-order valence-corrected chi connectivity index (χ3v) is 2.84. The van der Waals surface area contributed by atoms with E-state index >= 15 is 0 Å². The van der Waals surface area contributed by atoms with E-state index in [1.54, 1.807) is 0 Å². The van der Waals surface area contributed by atoms with E-state index in [0.717, 1.165) is 40.5 Å². The van der Waals surface area contributed by atoms with Crippen molar-refractivity contribution < 1.29 is 4.52 Å². The number of nitrogens with zero attached hydrogens (tertiary/aromatic N) is 1. The SMILES string of the molecule is CNCCCc1onc2ccc(Br)cc12. The number of hydrogen-bond donors (Lipinski definition) is 1. The van der Waals surface area contributed by atoms with E-state index in [-0.39, 0.29) is 0 Å². The number of fused-ring (bicyclic) bond motifs is 1. The van der Waals surface area contributed by atoms with E-state index in [2.05, 4.69) is 32.5 Å². The van der Waals surface area contributed by atoms with Crippen molar-refractivity contribution in [3.8, 4) is 0 Å². The molecule has 0 aliphatic heterocycles. The summed E-state index contributed by atoms with van der Waals surface area (Å²) in [6.07, 6.45) is 1.99. The maximum absolute atomic E-state index is 5.32. The van der Waals surface area contributed by atoms with Crippen molar-refractivity contribution in [3.05, 3.63) is 28.4 Å². The van der Waals surface area contributed by atoms with Crippen molar-refractivity contribution in [2.75, 3.05) is 13.6 Å². The highest BCUT2D eigenvalue weighted by atomic mass is 79.9. The molecule has 15 heavy (non-hydrogen) atoms. The summed E-state index contributed by atoms with van der Waals surface area (Å²) in [5.41, 5.74) is 0.928. The van der Waals surface area contributed by atoms with Crippen LogP contribution in [0.3, 0.4) is 0 Å². The van der Waals surface area contributed by atoms with E-state index in [4.69, 9.17) is 4.52 Å². The lowest BCUT2D eigenvalue weighted by Crippen LogP contribution is -2.08. The van der Waals surface area contributed by atoms with Crippen LogP contribution >= 0.6 is 15.9 Å². The smallest absolute Gasteiger partial charge is 0.144 e. The standard InChI is InChI=1S/C11H13BrN2O/c1-13-6-2-3-11-9-7-8(12)4-5-10(9)14-15-11/h4-5,7,13H,2-3,6H2,1H3. The second-order valence-corrected chi connectivity index (χ2v) is 4.39. The Morgan fingerprint density at radius 2 is 2.33 bits per heavy atom. The topological polar surface area (TPSA) is 38.1 Å². The zero-order chi connectivity index (χ0) is 10.7. The average molecular weight is 269 g/mol. The molecule has 2 rings (SSSR count). The van der Waals surface area contributed by atoms with E-state index < -0.39 is 0 Å². The number of rotatable bonds is 4. The van der Waals surface area contributed by atoms with Crippen LogP contribution in [0.15, 0.2) is 27.2 Å². The third-order valence-electron chi connectivity index (χ3n) is 2.34. The van der Waals surface area contributed by atoms with Crippen LogP contribution in [0.4, 0.5) is 0 Å². The van der Waals surface area contributed by atoms with Gasteiger partial charge in [-0.3, -0.25) is 0 Å². The summed E-state index contributed by atoms with van der Waals surface area (Å²) in [6, 6.07) is 5.99. The lowest BCUT2D eigenvalue weighted by Gasteiger charge is -1.96. The van der Waals surface area contributed by atoms with Gasteiger partial charge in [-0.25, -0.2) is 0 Å². The van der Waals surface area contributed by atoms with Gasteiger partial charge in [-0.1, -0.05) is 21.1 Å². The van der Waals surface area contributed by atoms with Crippen LogP contribution in [0.5, 0.6) is 0 Å². The molecule has 0 bridgehead atoms. The van der Waals surface area contributed by atoms with Crippen LogP contribution in [0.2, 0.25) is 0 Å². The van der Waals surface area contributed by atoms with E-state index in [1.165, 1.54) is 0 Å². The van der Waals surface area contributed by atoms with Gasteiger partial charge in [-0.15, -0.1) is 0 Å². The molecule has 0 radical (unpaired) electrons. The Kier molecular flexibility index (Phi) is 3.38. The van der Waals surface area contributed by atoms with Crippen LogP contribution in [-0.2, 0) is 6.42 Å². The number of benzene rings is 1. The Bertz CT molecular complexity index is 453. The van der Waals surface area contributed by atoms with Crippen molar-refractivity contribution in [1.29, 1.82) is 0 Å². The van der Waals surface area contributed by atoms with Gasteiger partial charge in [-0.05, 0) is 38.2 Å². The first-order valence-corrected chi connectivity index (χ1v) is 5.79. The normalized spacial score (nSPS) is 11.1. The summed E-state index contributed by atoms with van der Waals surface area (Å²) in [7, 11) is 1.95. The predicted octanol–water partition coefficient (Wildman–Crippen LogP) is 2.74. The first-order chi connectivity index (χ1) is 7.31. The van der Waals surface area contributed by atoms with E-state index in [0.29, 0.717) is 0 Å². The predicted molar refractivity (Wildman–Crippen MR) is 64.0 cm³/mol. The van der Waals surface area contributed by atoms with Gasteiger partial charge in [0.25, 0.3) is 0 Å². The Hall–Kier alpha value is -0.870. The molecule has 0 atom stereocenters. The molecule has 4 heteroatoms. The van der Waals surface area contributed by atoms with Gasteiger partial charge in [0, 0.05) is 16.3 Å². The van der Waals surface area contributed by atoms with Gasteiger partial charge < -0.3 is 9.84 Å². The number of aryl methyl sites for hydroxylation is 1. The maximum Gasteiger partial charge on any atom is 0.144 e. The van der Waals surface area contributed by atoms with E-state index in [1.807, 2.05) is 19.2 Å². The van der Waals surface area contributed by atoms with Crippen LogP contribution in [0, 0.1) is 0 Å². The van der Waals surface area contributed by atoms with Crippen molar-refractivity contribution >= 4 is 26.8 Å². The molecule has 0 fully saturated rings. The fraction of sp³-hybridized carbons (Fsp3) is 0.364. The lowest BCUT2D eigenvalue weighted by molar-refractivity contribution is 0.388. The monoisotopic (exact) mass is 268 g/mol. The summed E-state index contributed by atoms with van der Waals surface area (Å²) in [4.78, 5) is 0. The van der Waals surface area contributed by atoms with Gasteiger partial charge in [-0.2, -0.15) is 0 Å². The van der Waals surface area contributed by atoms with Crippen LogP contribution in [0.1, 0.15) is 12.2 Å². The van der Waals surface area contributed by atoms with Crippen molar-refractivity contribution in [2.24, 2.45) is 0 Å². The van der Waals surface area contributed by atoms with Gasteiger partial charge in [0.2, 0.25) is 0 Å². The molecule has 0 unspecified atom stereocenters. The molecule has 1 aromatic heterocycles. The summed E-state index contributed by atoms with van der Waals surface area (Å²) >= 11 is 3.45. The molecule has 2 aromatic rings. The first-order valence-electron chi connectivity index (χ1n) is 4.99. The summed E-state index contributed by atoms with van der Waals surface area (Å²) in [6.45, 7) is 0.996. The Morgan fingerprint density at radius 3 is 3.13 bits per heavy atom. The Morgan fingerprint density at radius 1 is 1.47 bits per heavy atom. The third kappa shape index (κ3) is 2.38. The number of aromatic nitrogens is 1. The average Bonchev–Trinajstić information content (AvgIpc) is 2.62. The van der Waals surface area contributed by atoms with Crippen LogP contribution in [-0.4, -0.2) is 18.7 Å². The quantitative estimate of drug-likeness (QED) is 0.867. The molecule has 0 amide bonds. The zero-order valence-corrected chi connectivity index (χ0v) is 10.2. The molecule has 3 nitrogen and oxygen atoms in total. The van der Waals surface area contributed by atoms with Crippen molar-refractivity contribution in [2.45, 2.75) is 12.8 Å². The summed E-state index contributed by atoms with van der Waals surface area (Å²) in [5.74, 6) is 0.974. The van der Waals surface area contributed by atoms with Crippen LogP contribution in [0.25, 0.3) is 10.9 Å². The molecule has 0 saturated heterocycles. The minimum atomic E-state index is 0.924. The second-order valence-electron chi connectivity index (χ2n) is 3.47. The van der Waals surface area contributed by atoms with Gasteiger partial charge >= 0.3 is 0 Å².